The van der Waals surface area contributed by atoms with Gasteiger partial charge in [-0.2, -0.15) is 0 Å². The summed E-state index contributed by atoms with van der Waals surface area (Å²) in [5.41, 5.74) is 0.781. The van der Waals surface area contributed by atoms with Crippen LogP contribution in [0.3, 0.4) is 0 Å². The van der Waals surface area contributed by atoms with Crippen LogP contribution in [-0.2, 0) is 4.79 Å². The molecule has 0 aliphatic heterocycles. The van der Waals surface area contributed by atoms with E-state index in [1.54, 1.807) is 0 Å². The molecule has 0 aliphatic carbocycles. The number of nitrogens with zero attached hydrogens (tertiary/aromatic N) is 1. The van der Waals surface area contributed by atoms with E-state index in [-0.39, 0.29) is 11.6 Å². The highest BCUT2D eigenvalue weighted by Crippen LogP contribution is 2.25. The van der Waals surface area contributed by atoms with Crippen molar-refractivity contribution >= 4 is 29.7 Å². The molecular formula is C12H12ClNO3. The lowest BCUT2D eigenvalue weighted by Gasteiger charge is -2.04. The monoisotopic (exact) mass is 253 g/mol. The van der Waals surface area contributed by atoms with Gasteiger partial charge in [0, 0.05) is 11.1 Å². The Morgan fingerprint density at radius 1 is 1.47 bits per heavy atom. The first-order valence-electron chi connectivity index (χ1n) is 5.06. The normalized spacial score (nSPS) is 11.6. The van der Waals surface area contributed by atoms with Crippen molar-refractivity contribution in [2.45, 2.75) is 13.8 Å². The van der Waals surface area contributed by atoms with Crippen molar-refractivity contribution in [3.05, 3.63) is 44.5 Å². The number of aldehydes is 1. The van der Waals surface area contributed by atoms with E-state index in [2.05, 4.69) is 0 Å². The van der Waals surface area contributed by atoms with Crippen LogP contribution in [0.4, 0.5) is 5.69 Å². The Hall–Kier alpha value is -1.68. The van der Waals surface area contributed by atoms with Gasteiger partial charge in [0.15, 0.2) is 0 Å². The molecule has 0 atom stereocenters. The van der Waals surface area contributed by atoms with Gasteiger partial charge < -0.3 is 0 Å². The summed E-state index contributed by atoms with van der Waals surface area (Å²) in [6.45, 7) is 3.69. The fraction of sp³-hybridized carbons (Fsp3) is 0.250. The van der Waals surface area contributed by atoms with Crippen molar-refractivity contribution in [2.75, 3.05) is 0 Å². The van der Waals surface area contributed by atoms with E-state index < -0.39 is 4.92 Å². The number of allylic oxidation sites excluding steroid dienone is 1. The molecule has 0 fully saturated rings. The smallest absolute Gasteiger partial charge is 0.276 e. The summed E-state index contributed by atoms with van der Waals surface area (Å²) in [6.07, 6.45) is 2.21. The van der Waals surface area contributed by atoms with Gasteiger partial charge in [0.25, 0.3) is 5.69 Å². The van der Waals surface area contributed by atoms with Crippen molar-refractivity contribution in [2.24, 2.45) is 5.92 Å². The van der Waals surface area contributed by atoms with Crippen molar-refractivity contribution < 1.29 is 9.72 Å². The van der Waals surface area contributed by atoms with E-state index in [4.69, 9.17) is 11.6 Å². The van der Waals surface area contributed by atoms with Gasteiger partial charge in [0.1, 0.15) is 6.29 Å². The Labute approximate surface area is 104 Å². The molecule has 0 unspecified atom stereocenters. The maximum atomic E-state index is 10.8. The maximum absolute atomic E-state index is 10.8. The molecule has 0 radical (unpaired) electrons. The fourth-order valence-electron chi connectivity index (χ4n) is 1.32. The number of nitro benzene ring substituents is 1. The lowest BCUT2D eigenvalue weighted by molar-refractivity contribution is -0.385. The number of benzene rings is 1. The van der Waals surface area contributed by atoms with Crippen LogP contribution < -0.4 is 0 Å². The van der Waals surface area contributed by atoms with Crippen LogP contribution in [0, 0.1) is 16.0 Å². The summed E-state index contributed by atoms with van der Waals surface area (Å²) >= 11 is 5.79. The largest absolute Gasteiger partial charge is 0.298 e. The van der Waals surface area contributed by atoms with Crippen LogP contribution in [0.25, 0.3) is 6.08 Å². The van der Waals surface area contributed by atoms with Crippen molar-refractivity contribution in [3.8, 4) is 0 Å². The van der Waals surface area contributed by atoms with Gasteiger partial charge in [-0.1, -0.05) is 25.4 Å². The van der Waals surface area contributed by atoms with E-state index in [1.165, 1.54) is 24.3 Å². The Morgan fingerprint density at radius 3 is 2.59 bits per heavy atom. The SMILES string of the molecule is CC(C)/C(C=O)=C/c1cc(Cl)ccc1[N+](=O)[O-]. The molecule has 0 bridgehead atoms. The number of carbonyl (C=O) groups is 1. The molecule has 0 heterocycles. The molecule has 0 amide bonds. The molecule has 1 aromatic rings. The standard InChI is InChI=1S/C12H12ClNO3/c1-8(2)10(7-15)5-9-6-11(13)3-4-12(9)14(16)17/h3-8H,1-2H3/b10-5+. The quantitative estimate of drug-likeness (QED) is 0.357. The summed E-state index contributed by atoms with van der Waals surface area (Å²) in [5, 5.41) is 11.2. The molecule has 0 spiro atoms. The molecular weight excluding hydrogens is 242 g/mol. The summed E-state index contributed by atoms with van der Waals surface area (Å²) in [6, 6.07) is 4.26. The van der Waals surface area contributed by atoms with Gasteiger partial charge in [0.05, 0.1) is 10.5 Å². The third kappa shape index (κ3) is 3.39. The van der Waals surface area contributed by atoms with Crippen LogP contribution in [0.1, 0.15) is 19.4 Å². The van der Waals surface area contributed by atoms with Crippen LogP contribution in [0.2, 0.25) is 5.02 Å². The summed E-state index contributed by atoms with van der Waals surface area (Å²) < 4.78 is 0. The first-order valence-corrected chi connectivity index (χ1v) is 5.44. The van der Waals surface area contributed by atoms with Crippen molar-refractivity contribution in [1.29, 1.82) is 0 Å². The zero-order valence-corrected chi connectivity index (χ0v) is 10.3. The van der Waals surface area contributed by atoms with E-state index in [0.29, 0.717) is 22.4 Å². The molecule has 5 heteroatoms. The minimum absolute atomic E-state index is 0.00563. The summed E-state index contributed by atoms with van der Waals surface area (Å²) in [7, 11) is 0. The number of hydrogen-bond acceptors (Lipinski definition) is 3. The van der Waals surface area contributed by atoms with Crippen molar-refractivity contribution in [1.82, 2.24) is 0 Å². The van der Waals surface area contributed by atoms with Gasteiger partial charge in [-0.3, -0.25) is 14.9 Å². The van der Waals surface area contributed by atoms with Crippen LogP contribution in [-0.4, -0.2) is 11.2 Å². The fourth-order valence-corrected chi connectivity index (χ4v) is 1.50. The molecule has 1 rings (SSSR count). The summed E-state index contributed by atoms with van der Waals surface area (Å²) in [5.74, 6) is 0.00563. The second kappa shape index (κ2) is 5.59. The minimum atomic E-state index is -0.495. The Kier molecular flexibility index (Phi) is 4.40. The van der Waals surface area contributed by atoms with Crippen LogP contribution in [0.5, 0.6) is 0 Å². The lowest BCUT2D eigenvalue weighted by Crippen LogP contribution is -1.97. The topological polar surface area (TPSA) is 60.2 Å². The average molecular weight is 254 g/mol. The van der Waals surface area contributed by atoms with Gasteiger partial charge in [-0.15, -0.1) is 0 Å². The highest BCUT2D eigenvalue weighted by atomic mass is 35.5. The zero-order chi connectivity index (χ0) is 13.0. The first-order chi connectivity index (χ1) is 7.95. The molecule has 0 aliphatic rings. The third-order valence-corrected chi connectivity index (χ3v) is 2.55. The Morgan fingerprint density at radius 2 is 2.12 bits per heavy atom. The average Bonchev–Trinajstić information content (AvgIpc) is 2.25. The van der Waals surface area contributed by atoms with Gasteiger partial charge in [-0.25, -0.2) is 0 Å². The van der Waals surface area contributed by atoms with Gasteiger partial charge in [-0.05, 0) is 29.7 Å². The molecule has 0 N–H and O–H groups in total. The number of halogens is 1. The molecule has 0 saturated heterocycles. The van der Waals surface area contributed by atoms with E-state index in [1.807, 2.05) is 13.8 Å². The number of carbonyl (C=O) groups excluding carboxylic acids is 1. The minimum Gasteiger partial charge on any atom is -0.298 e. The van der Waals surface area contributed by atoms with E-state index in [9.17, 15) is 14.9 Å². The predicted octanol–water partition coefficient (Wildman–Crippen LogP) is 3.49. The second-order valence-corrected chi connectivity index (χ2v) is 4.31. The molecule has 0 saturated carbocycles. The number of hydrogen-bond donors (Lipinski definition) is 0. The second-order valence-electron chi connectivity index (χ2n) is 3.88. The predicted molar refractivity (Wildman–Crippen MR) is 67.0 cm³/mol. The highest BCUT2D eigenvalue weighted by Gasteiger charge is 2.13. The summed E-state index contributed by atoms with van der Waals surface area (Å²) in [4.78, 5) is 21.2. The third-order valence-electron chi connectivity index (χ3n) is 2.31. The highest BCUT2D eigenvalue weighted by molar-refractivity contribution is 6.30. The van der Waals surface area contributed by atoms with Crippen LogP contribution >= 0.6 is 11.6 Å². The maximum Gasteiger partial charge on any atom is 0.276 e. The van der Waals surface area contributed by atoms with E-state index in [0.717, 1.165) is 0 Å². The molecule has 4 nitrogen and oxygen atoms in total. The number of rotatable bonds is 4. The van der Waals surface area contributed by atoms with Gasteiger partial charge in [0.2, 0.25) is 0 Å². The van der Waals surface area contributed by atoms with E-state index >= 15 is 0 Å². The van der Waals surface area contributed by atoms with Gasteiger partial charge >= 0.3 is 0 Å². The molecule has 1 aromatic carbocycles. The lowest BCUT2D eigenvalue weighted by atomic mass is 10.0. The molecule has 17 heavy (non-hydrogen) atoms. The molecule has 90 valence electrons. The Bertz CT molecular complexity index is 481. The first kappa shape index (κ1) is 13.4. The van der Waals surface area contributed by atoms with Crippen molar-refractivity contribution in [3.63, 3.8) is 0 Å². The number of nitro groups is 1. The molecule has 0 aromatic heterocycles. The van der Waals surface area contributed by atoms with Crippen LogP contribution in [0.15, 0.2) is 23.8 Å². The Balaban J connectivity index is 3.33. The zero-order valence-electron chi connectivity index (χ0n) is 9.51.